The molecule has 0 spiro atoms. The summed E-state index contributed by atoms with van der Waals surface area (Å²) < 4.78 is 0. The predicted molar refractivity (Wildman–Crippen MR) is 68.8 cm³/mol. The van der Waals surface area contributed by atoms with Crippen molar-refractivity contribution in [3.8, 4) is 0 Å². The number of carboxylic acids is 1. The maximum atomic E-state index is 11.8. The smallest absolute Gasteiger partial charge is 0.329 e. The molecule has 1 rings (SSSR count). The van der Waals surface area contributed by atoms with Gasteiger partial charge in [0.05, 0.1) is 6.42 Å². The number of hydrogen-bond donors (Lipinski definition) is 3. The zero-order valence-corrected chi connectivity index (χ0v) is 11.7. The minimum absolute atomic E-state index is 0.110. The highest BCUT2D eigenvalue weighted by Crippen LogP contribution is 2.16. The molecule has 8 nitrogen and oxygen atoms in total. The Bertz CT molecular complexity index is 444. The number of carboxylic acid groups (broad SMARTS) is 1. The fourth-order valence-electron chi connectivity index (χ4n) is 2.06. The molecule has 0 saturated carbocycles. The van der Waals surface area contributed by atoms with Crippen LogP contribution in [0.4, 0.5) is 4.79 Å². The van der Waals surface area contributed by atoms with E-state index in [9.17, 15) is 24.3 Å². The van der Waals surface area contributed by atoms with Crippen molar-refractivity contribution < 1.29 is 24.3 Å². The normalized spacial score (nSPS) is 19.1. The van der Waals surface area contributed by atoms with Crippen LogP contribution in [-0.4, -0.2) is 52.4 Å². The van der Waals surface area contributed by atoms with Gasteiger partial charge in [-0.05, 0) is 12.8 Å². The molecular weight excluding hydrogens is 266 g/mol. The van der Waals surface area contributed by atoms with Crippen molar-refractivity contribution >= 4 is 23.8 Å². The van der Waals surface area contributed by atoms with E-state index in [0.29, 0.717) is 0 Å². The molecule has 0 aliphatic carbocycles. The number of likely N-dealkylation sites (N-methyl/N-ethyl adjacent to an activating group) is 1. The van der Waals surface area contributed by atoms with Crippen LogP contribution in [0.25, 0.3) is 0 Å². The van der Waals surface area contributed by atoms with Gasteiger partial charge in [-0.2, -0.15) is 0 Å². The zero-order chi connectivity index (χ0) is 15.5. The number of amides is 4. The summed E-state index contributed by atoms with van der Waals surface area (Å²) in [5.74, 6) is -2.02. The summed E-state index contributed by atoms with van der Waals surface area (Å²) in [6, 6.07) is -1.70. The van der Waals surface area contributed by atoms with Crippen molar-refractivity contribution in [2.24, 2.45) is 0 Å². The van der Waals surface area contributed by atoms with Crippen molar-refractivity contribution in [2.75, 3.05) is 7.05 Å². The highest BCUT2D eigenvalue weighted by atomic mass is 16.4. The molecule has 0 radical (unpaired) electrons. The van der Waals surface area contributed by atoms with Gasteiger partial charge in [0.1, 0.15) is 11.6 Å². The van der Waals surface area contributed by atoms with Gasteiger partial charge in [-0.25, -0.2) is 9.59 Å². The Kier molecular flexibility index (Phi) is 4.69. The predicted octanol–water partition coefficient (Wildman–Crippen LogP) is -0.314. The topological polar surface area (TPSA) is 116 Å². The molecule has 8 heteroatoms. The van der Waals surface area contributed by atoms with Gasteiger partial charge < -0.3 is 15.7 Å². The average molecular weight is 285 g/mol. The summed E-state index contributed by atoms with van der Waals surface area (Å²) >= 11 is 0. The van der Waals surface area contributed by atoms with Crippen LogP contribution in [0.5, 0.6) is 0 Å². The number of imide groups is 1. The molecule has 0 bridgehead atoms. The molecule has 1 heterocycles. The van der Waals surface area contributed by atoms with E-state index in [0.717, 1.165) is 4.90 Å². The first kappa shape index (κ1) is 15.9. The first-order valence-electron chi connectivity index (χ1n) is 6.40. The largest absolute Gasteiger partial charge is 0.480 e. The number of hydrogen-bond acceptors (Lipinski definition) is 4. The average Bonchev–Trinajstić information content (AvgIpc) is 2.63. The van der Waals surface area contributed by atoms with Crippen molar-refractivity contribution in [3.05, 3.63) is 0 Å². The van der Waals surface area contributed by atoms with Crippen LogP contribution in [0.3, 0.4) is 0 Å². The lowest BCUT2D eigenvalue weighted by Gasteiger charge is -2.28. The van der Waals surface area contributed by atoms with Crippen LogP contribution in [-0.2, 0) is 14.4 Å². The van der Waals surface area contributed by atoms with Crippen LogP contribution < -0.4 is 10.6 Å². The molecule has 1 aliphatic rings. The molecule has 3 N–H and O–H groups in total. The fourth-order valence-corrected chi connectivity index (χ4v) is 2.06. The second-order valence-corrected chi connectivity index (χ2v) is 4.74. The van der Waals surface area contributed by atoms with Gasteiger partial charge in [0.25, 0.3) is 5.91 Å². The molecular formula is C12H19N3O5. The van der Waals surface area contributed by atoms with Crippen molar-refractivity contribution in [1.29, 1.82) is 0 Å². The molecule has 0 aromatic carbocycles. The maximum Gasteiger partial charge on any atom is 0.329 e. The van der Waals surface area contributed by atoms with E-state index in [1.54, 1.807) is 13.8 Å². The summed E-state index contributed by atoms with van der Waals surface area (Å²) in [5.41, 5.74) is -1.37. The summed E-state index contributed by atoms with van der Waals surface area (Å²) in [6.07, 6.45) is 0.314. The first-order chi connectivity index (χ1) is 9.27. The molecule has 1 aliphatic heterocycles. The Labute approximate surface area is 116 Å². The highest BCUT2D eigenvalue weighted by molar-refractivity contribution is 6.06. The SMILES string of the molecule is CCC(CC)(NC(=O)NC1CC(=O)N(C)C1=O)C(=O)O. The number of likely N-dealkylation sites (tertiary alicyclic amines) is 1. The number of nitrogens with one attached hydrogen (secondary N) is 2. The van der Waals surface area contributed by atoms with E-state index >= 15 is 0 Å². The molecule has 1 saturated heterocycles. The van der Waals surface area contributed by atoms with Gasteiger partial charge in [-0.15, -0.1) is 0 Å². The van der Waals surface area contributed by atoms with E-state index < -0.39 is 29.5 Å². The Morgan fingerprint density at radius 2 is 1.90 bits per heavy atom. The Hall–Kier alpha value is -2.12. The standard InChI is InChI=1S/C12H19N3O5/c1-4-12(5-2,10(18)19)14-11(20)13-7-6-8(16)15(3)9(7)17/h7H,4-6H2,1-3H3,(H,18,19)(H2,13,14,20). The Morgan fingerprint density at radius 1 is 1.35 bits per heavy atom. The van der Waals surface area contributed by atoms with Gasteiger partial charge in [0.15, 0.2) is 0 Å². The lowest BCUT2D eigenvalue weighted by atomic mass is 9.93. The minimum Gasteiger partial charge on any atom is -0.480 e. The molecule has 0 aromatic heterocycles. The molecule has 1 atom stereocenters. The monoisotopic (exact) mass is 285 g/mol. The Morgan fingerprint density at radius 3 is 2.25 bits per heavy atom. The number of rotatable bonds is 5. The summed E-state index contributed by atoms with van der Waals surface area (Å²) in [5, 5.41) is 13.9. The molecule has 20 heavy (non-hydrogen) atoms. The third kappa shape index (κ3) is 2.89. The molecule has 1 unspecified atom stereocenters. The first-order valence-corrected chi connectivity index (χ1v) is 6.40. The second-order valence-electron chi connectivity index (χ2n) is 4.74. The summed E-state index contributed by atoms with van der Waals surface area (Å²) in [7, 11) is 1.34. The van der Waals surface area contributed by atoms with Gasteiger partial charge in [-0.1, -0.05) is 13.8 Å². The van der Waals surface area contributed by atoms with Gasteiger partial charge in [0.2, 0.25) is 5.91 Å². The fraction of sp³-hybridized carbons (Fsp3) is 0.667. The quantitative estimate of drug-likeness (QED) is 0.599. The number of urea groups is 1. The van der Waals surface area contributed by atoms with Crippen molar-refractivity contribution in [1.82, 2.24) is 15.5 Å². The van der Waals surface area contributed by atoms with Gasteiger partial charge >= 0.3 is 12.0 Å². The molecule has 0 aromatic rings. The third-order valence-electron chi connectivity index (χ3n) is 3.66. The second kappa shape index (κ2) is 5.89. The van der Waals surface area contributed by atoms with E-state index in [-0.39, 0.29) is 25.2 Å². The van der Waals surface area contributed by atoms with E-state index in [1.165, 1.54) is 7.05 Å². The van der Waals surface area contributed by atoms with E-state index in [4.69, 9.17) is 0 Å². The minimum atomic E-state index is -1.37. The number of carbonyl (C=O) groups excluding carboxylic acids is 3. The maximum absolute atomic E-state index is 11.8. The number of carbonyl (C=O) groups is 4. The van der Waals surface area contributed by atoms with Crippen LogP contribution >= 0.6 is 0 Å². The lowest BCUT2D eigenvalue weighted by molar-refractivity contribution is -0.144. The van der Waals surface area contributed by atoms with E-state index in [2.05, 4.69) is 10.6 Å². The molecule has 112 valence electrons. The Balaban J connectivity index is 2.71. The van der Waals surface area contributed by atoms with Gasteiger partial charge in [0, 0.05) is 7.05 Å². The lowest BCUT2D eigenvalue weighted by Crippen LogP contribution is -2.58. The highest BCUT2D eigenvalue weighted by Gasteiger charge is 2.40. The zero-order valence-electron chi connectivity index (χ0n) is 11.7. The van der Waals surface area contributed by atoms with Crippen LogP contribution in [0, 0.1) is 0 Å². The summed E-state index contributed by atoms with van der Waals surface area (Å²) in [4.78, 5) is 47.0. The molecule has 4 amide bonds. The summed E-state index contributed by atoms with van der Waals surface area (Å²) in [6.45, 7) is 3.30. The third-order valence-corrected chi connectivity index (χ3v) is 3.66. The van der Waals surface area contributed by atoms with Crippen LogP contribution in [0.2, 0.25) is 0 Å². The van der Waals surface area contributed by atoms with Crippen LogP contribution in [0.1, 0.15) is 33.1 Å². The van der Waals surface area contributed by atoms with Gasteiger partial charge in [-0.3, -0.25) is 14.5 Å². The van der Waals surface area contributed by atoms with Crippen molar-refractivity contribution in [2.45, 2.75) is 44.7 Å². The van der Waals surface area contributed by atoms with Crippen LogP contribution in [0.15, 0.2) is 0 Å². The number of nitrogens with zero attached hydrogens (tertiary/aromatic N) is 1. The van der Waals surface area contributed by atoms with E-state index in [1.807, 2.05) is 0 Å². The number of aliphatic carboxylic acids is 1. The van der Waals surface area contributed by atoms with Crippen molar-refractivity contribution in [3.63, 3.8) is 0 Å². The molecule has 1 fully saturated rings.